The highest BCUT2D eigenvalue weighted by atomic mass is 16.3. The molecule has 5 nitrogen and oxygen atoms in total. The number of amides is 1. The summed E-state index contributed by atoms with van der Waals surface area (Å²) < 4.78 is 0. The topological polar surface area (TPSA) is 61.8 Å². The Morgan fingerprint density at radius 2 is 2.00 bits per heavy atom. The summed E-state index contributed by atoms with van der Waals surface area (Å²) in [4.78, 5) is 23.0. The minimum Gasteiger partial charge on any atom is -0.324 e. The zero-order valence-electron chi connectivity index (χ0n) is 11.3. The van der Waals surface area contributed by atoms with Crippen molar-refractivity contribution in [2.75, 3.05) is 11.9 Å². The van der Waals surface area contributed by atoms with Gasteiger partial charge in [-0.3, -0.25) is 4.79 Å². The van der Waals surface area contributed by atoms with Gasteiger partial charge in [0.25, 0.3) is 0 Å². The first-order valence-corrected chi connectivity index (χ1v) is 6.60. The standard InChI is InChI=1S/C14H19N3O2/c1-10-6-5-7-11(2)13(10)15-14(18)12-8-3-4-9-17(12)16-19/h5-7,12H,3-4,8-9H2,1-2H3,(H,15,18)/t12-/m1/s1. The smallest absolute Gasteiger partial charge is 0.248 e. The molecule has 1 N–H and O–H groups in total. The van der Waals surface area contributed by atoms with E-state index < -0.39 is 6.04 Å². The number of nitrogens with zero attached hydrogens (tertiary/aromatic N) is 2. The molecule has 1 amide bonds. The predicted molar refractivity (Wildman–Crippen MR) is 74.7 cm³/mol. The van der Waals surface area contributed by atoms with E-state index in [0.717, 1.165) is 29.7 Å². The monoisotopic (exact) mass is 261 g/mol. The van der Waals surface area contributed by atoms with Crippen LogP contribution in [0.4, 0.5) is 5.69 Å². The Kier molecular flexibility index (Phi) is 4.14. The maximum absolute atomic E-state index is 12.3. The molecule has 1 heterocycles. The Morgan fingerprint density at radius 1 is 1.32 bits per heavy atom. The maximum atomic E-state index is 12.3. The number of nitroso groups, excluding NO2 is 1. The normalized spacial score (nSPS) is 19.1. The fourth-order valence-corrected chi connectivity index (χ4v) is 2.50. The second-order valence-corrected chi connectivity index (χ2v) is 5.01. The van der Waals surface area contributed by atoms with Crippen LogP contribution in [0.15, 0.2) is 23.5 Å². The zero-order valence-corrected chi connectivity index (χ0v) is 11.3. The van der Waals surface area contributed by atoms with Gasteiger partial charge in [-0.1, -0.05) is 18.2 Å². The van der Waals surface area contributed by atoms with Gasteiger partial charge in [-0.15, -0.1) is 4.91 Å². The molecule has 1 aliphatic heterocycles. The van der Waals surface area contributed by atoms with Crippen molar-refractivity contribution in [2.45, 2.75) is 39.2 Å². The Bertz CT molecular complexity index is 467. The lowest BCUT2D eigenvalue weighted by atomic mass is 10.0. The van der Waals surface area contributed by atoms with Gasteiger partial charge in [0.05, 0.1) is 5.29 Å². The summed E-state index contributed by atoms with van der Waals surface area (Å²) in [5.41, 5.74) is 2.88. The summed E-state index contributed by atoms with van der Waals surface area (Å²) in [6.07, 6.45) is 2.55. The van der Waals surface area contributed by atoms with E-state index in [1.165, 1.54) is 5.01 Å². The molecule has 102 valence electrons. The number of rotatable bonds is 3. The number of carbonyl (C=O) groups is 1. The minimum absolute atomic E-state index is 0.142. The molecule has 1 aliphatic rings. The molecule has 0 spiro atoms. The van der Waals surface area contributed by atoms with Crippen LogP contribution in [0.3, 0.4) is 0 Å². The fraction of sp³-hybridized carbons (Fsp3) is 0.500. The second kappa shape index (κ2) is 5.82. The number of carbonyl (C=O) groups excluding carboxylic acids is 1. The number of aryl methyl sites for hydroxylation is 2. The van der Waals surface area contributed by atoms with Gasteiger partial charge in [0.2, 0.25) is 5.91 Å². The van der Waals surface area contributed by atoms with Crippen LogP contribution in [0.25, 0.3) is 0 Å². The summed E-state index contributed by atoms with van der Waals surface area (Å²) in [7, 11) is 0. The third kappa shape index (κ3) is 2.92. The van der Waals surface area contributed by atoms with Gasteiger partial charge in [-0.2, -0.15) is 0 Å². The number of benzene rings is 1. The van der Waals surface area contributed by atoms with Crippen LogP contribution in [0.1, 0.15) is 30.4 Å². The molecule has 2 rings (SSSR count). The van der Waals surface area contributed by atoms with Gasteiger partial charge >= 0.3 is 0 Å². The van der Waals surface area contributed by atoms with Crippen LogP contribution in [-0.4, -0.2) is 23.5 Å². The minimum atomic E-state index is -0.440. The Balaban J connectivity index is 2.14. The molecular weight excluding hydrogens is 242 g/mol. The first-order chi connectivity index (χ1) is 9.13. The number of hydrogen-bond donors (Lipinski definition) is 1. The van der Waals surface area contributed by atoms with E-state index in [1.54, 1.807) is 0 Å². The lowest BCUT2D eigenvalue weighted by Gasteiger charge is -2.29. The molecule has 0 aliphatic carbocycles. The molecule has 19 heavy (non-hydrogen) atoms. The SMILES string of the molecule is Cc1cccc(C)c1NC(=O)[C@H]1CCCCN1N=O. The average molecular weight is 261 g/mol. The third-order valence-electron chi connectivity index (χ3n) is 3.61. The summed E-state index contributed by atoms with van der Waals surface area (Å²) in [6.45, 7) is 4.48. The molecular formula is C14H19N3O2. The number of piperidine rings is 1. The molecule has 1 aromatic rings. The molecule has 0 unspecified atom stereocenters. The number of para-hydroxylation sites is 1. The molecule has 1 fully saturated rings. The fourth-order valence-electron chi connectivity index (χ4n) is 2.50. The third-order valence-corrected chi connectivity index (χ3v) is 3.61. The van der Waals surface area contributed by atoms with Crippen molar-refractivity contribution < 1.29 is 4.79 Å². The lowest BCUT2D eigenvalue weighted by Crippen LogP contribution is -2.44. The lowest BCUT2D eigenvalue weighted by molar-refractivity contribution is -0.122. The van der Waals surface area contributed by atoms with Crippen molar-refractivity contribution in [1.29, 1.82) is 0 Å². The molecule has 0 radical (unpaired) electrons. The van der Waals surface area contributed by atoms with E-state index in [4.69, 9.17) is 0 Å². The molecule has 0 aromatic heterocycles. The highest BCUT2D eigenvalue weighted by molar-refractivity contribution is 5.96. The Hall–Kier alpha value is -1.91. The quantitative estimate of drug-likeness (QED) is 0.851. The maximum Gasteiger partial charge on any atom is 0.248 e. The second-order valence-electron chi connectivity index (χ2n) is 5.01. The van der Waals surface area contributed by atoms with E-state index in [1.807, 2.05) is 32.0 Å². The summed E-state index contributed by atoms with van der Waals surface area (Å²) >= 11 is 0. The van der Waals surface area contributed by atoms with Crippen molar-refractivity contribution in [3.8, 4) is 0 Å². The largest absolute Gasteiger partial charge is 0.324 e. The summed E-state index contributed by atoms with van der Waals surface area (Å²) in [5, 5.41) is 7.25. The van der Waals surface area contributed by atoms with Gasteiger partial charge in [-0.25, -0.2) is 5.01 Å². The number of hydrogen-bond acceptors (Lipinski definition) is 3. The Morgan fingerprint density at radius 3 is 2.63 bits per heavy atom. The van der Waals surface area contributed by atoms with Crippen molar-refractivity contribution in [2.24, 2.45) is 5.29 Å². The van der Waals surface area contributed by atoms with Crippen molar-refractivity contribution in [1.82, 2.24) is 5.01 Å². The first-order valence-electron chi connectivity index (χ1n) is 6.60. The van der Waals surface area contributed by atoms with Crippen LogP contribution in [-0.2, 0) is 4.79 Å². The van der Waals surface area contributed by atoms with E-state index in [-0.39, 0.29) is 5.91 Å². The van der Waals surface area contributed by atoms with Crippen molar-refractivity contribution in [3.05, 3.63) is 34.2 Å². The summed E-state index contributed by atoms with van der Waals surface area (Å²) in [6, 6.07) is 5.43. The van der Waals surface area contributed by atoms with Crippen molar-refractivity contribution in [3.63, 3.8) is 0 Å². The van der Waals surface area contributed by atoms with Gasteiger partial charge < -0.3 is 5.32 Å². The van der Waals surface area contributed by atoms with Crippen LogP contribution in [0.2, 0.25) is 0 Å². The zero-order chi connectivity index (χ0) is 13.8. The average Bonchev–Trinajstić information content (AvgIpc) is 2.42. The van der Waals surface area contributed by atoms with Gasteiger partial charge in [0.15, 0.2) is 0 Å². The molecule has 1 aromatic carbocycles. The highest BCUT2D eigenvalue weighted by Crippen LogP contribution is 2.23. The van der Waals surface area contributed by atoms with E-state index >= 15 is 0 Å². The molecule has 1 saturated heterocycles. The van der Waals surface area contributed by atoms with E-state index in [9.17, 15) is 9.70 Å². The molecule has 5 heteroatoms. The predicted octanol–water partition coefficient (Wildman–Crippen LogP) is 2.78. The van der Waals surface area contributed by atoms with E-state index in [2.05, 4.69) is 10.6 Å². The first kappa shape index (κ1) is 13.5. The summed E-state index contributed by atoms with van der Waals surface area (Å²) in [5.74, 6) is -0.142. The van der Waals surface area contributed by atoms with Gasteiger partial charge in [0.1, 0.15) is 6.04 Å². The van der Waals surface area contributed by atoms with Crippen LogP contribution in [0, 0.1) is 18.8 Å². The van der Waals surface area contributed by atoms with Crippen molar-refractivity contribution >= 4 is 11.6 Å². The van der Waals surface area contributed by atoms with Crippen LogP contribution in [0.5, 0.6) is 0 Å². The molecule has 1 atom stereocenters. The highest BCUT2D eigenvalue weighted by Gasteiger charge is 2.29. The van der Waals surface area contributed by atoms with E-state index in [0.29, 0.717) is 13.0 Å². The molecule has 0 saturated carbocycles. The number of anilines is 1. The van der Waals surface area contributed by atoms with Gasteiger partial charge in [0, 0.05) is 12.2 Å². The van der Waals surface area contributed by atoms with Crippen LogP contribution >= 0.6 is 0 Å². The Labute approximate surface area is 112 Å². The molecule has 0 bridgehead atoms. The number of nitrogens with one attached hydrogen (secondary N) is 1. The van der Waals surface area contributed by atoms with Gasteiger partial charge in [-0.05, 0) is 44.2 Å². The van der Waals surface area contributed by atoms with Crippen LogP contribution < -0.4 is 5.32 Å².